The smallest absolute Gasteiger partial charge is 0.209 e. The second kappa shape index (κ2) is 7.90. The van der Waals surface area contributed by atoms with Crippen LogP contribution in [0.3, 0.4) is 0 Å². The molecule has 1 aliphatic rings. The molecule has 1 aromatic rings. The molecule has 0 aromatic carbocycles. The average Bonchev–Trinajstić information content (AvgIpc) is 2.72. The van der Waals surface area contributed by atoms with Crippen LogP contribution < -0.4 is 0 Å². The van der Waals surface area contributed by atoms with E-state index < -0.39 is 0 Å². The van der Waals surface area contributed by atoms with Crippen LogP contribution in [-0.4, -0.2) is 42.4 Å². The summed E-state index contributed by atoms with van der Waals surface area (Å²) < 4.78 is 0. The Morgan fingerprint density at radius 2 is 1.94 bits per heavy atom. The van der Waals surface area contributed by atoms with E-state index in [1.807, 2.05) is 4.90 Å². The van der Waals surface area contributed by atoms with Gasteiger partial charge in [0.2, 0.25) is 6.41 Å². The first-order valence-corrected chi connectivity index (χ1v) is 5.70. The largest absolute Gasteiger partial charge is 0.343 e. The van der Waals surface area contributed by atoms with Gasteiger partial charge in [-0.1, -0.05) is 6.07 Å². The van der Waals surface area contributed by atoms with Crippen molar-refractivity contribution in [2.45, 2.75) is 6.54 Å². The highest BCUT2D eigenvalue weighted by Crippen LogP contribution is 2.12. The van der Waals surface area contributed by atoms with Crippen molar-refractivity contribution in [1.29, 1.82) is 0 Å². The Hall–Kier alpha value is -0.290. The first-order chi connectivity index (χ1) is 6.88. The van der Waals surface area contributed by atoms with Crippen LogP contribution in [0.25, 0.3) is 0 Å². The lowest BCUT2D eigenvalue weighted by atomic mass is 10.3. The van der Waals surface area contributed by atoms with Crippen LogP contribution >= 0.6 is 36.2 Å². The van der Waals surface area contributed by atoms with E-state index in [0.717, 1.165) is 39.1 Å². The number of nitrogens with zero attached hydrogens (tertiary/aromatic N) is 2. The summed E-state index contributed by atoms with van der Waals surface area (Å²) in [6.07, 6.45) is 0.947. The minimum atomic E-state index is 0. The standard InChI is InChI=1S/C10H14N2OS.2ClH/c13-9-12-5-3-11(4-6-12)8-10-2-1-7-14-10;;/h1-2,7,9H,3-6,8H2;2*1H. The molecular formula is C10H16Cl2N2OS. The van der Waals surface area contributed by atoms with Crippen molar-refractivity contribution in [2.24, 2.45) is 0 Å². The Morgan fingerprint density at radius 1 is 1.25 bits per heavy atom. The molecule has 2 heterocycles. The van der Waals surface area contributed by atoms with Crippen LogP contribution in [-0.2, 0) is 11.3 Å². The first-order valence-electron chi connectivity index (χ1n) is 4.82. The monoisotopic (exact) mass is 282 g/mol. The Morgan fingerprint density at radius 3 is 2.44 bits per heavy atom. The fourth-order valence-corrected chi connectivity index (χ4v) is 2.40. The lowest BCUT2D eigenvalue weighted by Gasteiger charge is -2.32. The van der Waals surface area contributed by atoms with Crippen molar-refractivity contribution in [1.82, 2.24) is 9.80 Å². The number of hydrogen-bond acceptors (Lipinski definition) is 3. The van der Waals surface area contributed by atoms with E-state index in [4.69, 9.17) is 0 Å². The number of rotatable bonds is 3. The topological polar surface area (TPSA) is 23.6 Å². The van der Waals surface area contributed by atoms with Gasteiger partial charge in [-0.25, -0.2) is 0 Å². The minimum absolute atomic E-state index is 0. The zero-order valence-electron chi connectivity index (χ0n) is 8.87. The third kappa shape index (κ3) is 4.29. The van der Waals surface area contributed by atoms with Gasteiger partial charge in [0.1, 0.15) is 0 Å². The molecule has 1 saturated heterocycles. The zero-order chi connectivity index (χ0) is 9.80. The predicted molar refractivity (Wildman–Crippen MR) is 71.7 cm³/mol. The van der Waals surface area contributed by atoms with E-state index in [1.165, 1.54) is 4.88 Å². The number of carbonyl (C=O) groups is 1. The molecule has 1 aromatic heterocycles. The van der Waals surface area contributed by atoms with Gasteiger partial charge in [-0.3, -0.25) is 9.69 Å². The number of piperazine rings is 1. The third-order valence-electron chi connectivity index (χ3n) is 2.52. The molecule has 2 rings (SSSR count). The fourth-order valence-electron chi connectivity index (χ4n) is 1.65. The lowest BCUT2D eigenvalue weighted by molar-refractivity contribution is -0.119. The molecule has 1 fully saturated rings. The van der Waals surface area contributed by atoms with Gasteiger partial charge in [0.05, 0.1) is 0 Å². The van der Waals surface area contributed by atoms with Crippen molar-refractivity contribution in [3.8, 4) is 0 Å². The van der Waals surface area contributed by atoms with Crippen LogP contribution in [0.4, 0.5) is 0 Å². The molecule has 0 radical (unpaired) electrons. The molecule has 0 spiro atoms. The molecule has 0 bridgehead atoms. The molecule has 0 saturated carbocycles. The summed E-state index contributed by atoms with van der Waals surface area (Å²) in [7, 11) is 0. The van der Waals surface area contributed by atoms with Gasteiger partial charge in [0, 0.05) is 37.6 Å². The Labute approximate surface area is 112 Å². The molecule has 1 aliphatic heterocycles. The maximum Gasteiger partial charge on any atom is 0.209 e. The Bertz CT molecular complexity index is 287. The molecular weight excluding hydrogens is 267 g/mol. The number of amides is 1. The normalized spacial score (nSPS) is 16.1. The molecule has 92 valence electrons. The van der Waals surface area contributed by atoms with Crippen LogP contribution in [0, 0.1) is 0 Å². The van der Waals surface area contributed by atoms with Crippen molar-refractivity contribution in [3.63, 3.8) is 0 Å². The molecule has 6 heteroatoms. The van der Waals surface area contributed by atoms with Crippen LogP contribution in [0.2, 0.25) is 0 Å². The van der Waals surface area contributed by atoms with Gasteiger partial charge >= 0.3 is 0 Å². The van der Waals surface area contributed by atoms with Gasteiger partial charge in [0.15, 0.2) is 0 Å². The van der Waals surface area contributed by atoms with Crippen LogP contribution in [0.5, 0.6) is 0 Å². The van der Waals surface area contributed by atoms with E-state index in [2.05, 4.69) is 22.4 Å². The summed E-state index contributed by atoms with van der Waals surface area (Å²) in [5, 5.41) is 2.11. The number of thiophene rings is 1. The van der Waals surface area contributed by atoms with Crippen molar-refractivity contribution in [3.05, 3.63) is 22.4 Å². The highest BCUT2D eigenvalue weighted by atomic mass is 35.5. The summed E-state index contributed by atoms with van der Waals surface area (Å²) in [5.74, 6) is 0. The second-order valence-corrected chi connectivity index (χ2v) is 4.53. The highest BCUT2D eigenvalue weighted by Gasteiger charge is 2.15. The number of hydrogen-bond donors (Lipinski definition) is 0. The summed E-state index contributed by atoms with van der Waals surface area (Å²) >= 11 is 1.80. The van der Waals surface area contributed by atoms with E-state index in [0.29, 0.717) is 0 Å². The van der Waals surface area contributed by atoms with Gasteiger partial charge in [-0.15, -0.1) is 36.2 Å². The molecule has 0 N–H and O–H groups in total. The molecule has 0 atom stereocenters. The number of carbonyl (C=O) groups excluding carboxylic acids is 1. The third-order valence-corrected chi connectivity index (χ3v) is 3.38. The van der Waals surface area contributed by atoms with Crippen molar-refractivity contribution >= 4 is 42.6 Å². The van der Waals surface area contributed by atoms with E-state index in [-0.39, 0.29) is 24.8 Å². The van der Waals surface area contributed by atoms with Crippen molar-refractivity contribution < 1.29 is 4.79 Å². The summed E-state index contributed by atoms with van der Waals surface area (Å²) in [4.78, 5) is 16.1. The van der Waals surface area contributed by atoms with Crippen LogP contribution in [0.15, 0.2) is 17.5 Å². The molecule has 0 unspecified atom stereocenters. The average molecular weight is 283 g/mol. The van der Waals surface area contributed by atoms with Crippen LogP contribution in [0.1, 0.15) is 4.88 Å². The van der Waals surface area contributed by atoms with Gasteiger partial charge in [-0.2, -0.15) is 0 Å². The maximum atomic E-state index is 10.5. The SMILES string of the molecule is Cl.Cl.O=CN1CCN(Cc2cccs2)CC1. The van der Waals surface area contributed by atoms with Crippen molar-refractivity contribution in [2.75, 3.05) is 26.2 Å². The number of halogens is 2. The van der Waals surface area contributed by atoms with E-state index >= 15 is 0 Å². The van der Waals surface area contributed by atoms with Gasteiger partial charge in [-0.05, 0) is 11.4 Å². The summed E-state index contributed by atoms with van der Waals surface area (Å²) in [6.45, 7) is 4.77. The Balaban J connectivity index is 0.00000112. The van der Waals surface area contributed by atoms with E-state index in [1.54, 1.807) is 11.3 Å². The summed E-state index contributed by atoms with van der Waals surface area (Å²) in [5.41, 5.74) is 0. The first kappa shape index (κ1) is 15.7. The van der Waals surface area contributed by atoms with Gasteiger partial charge < -0.3 is 4.90 Å². The highest BCUT2D eigenvalue weighted by molar-refractivity contribution is 7.09. The van der Waals surface area contributed by atoms with Gasteiger partial charge in [0.25, 0.3) is 0 Å². The molecule has 3 nitrogen and oxygen atoms in total. The summed E-state index contributed by atoms with van der Waals surface area (Å²) in [6, 6.07) is 4.25. The quantitative estimate of drug-likeness (QED) is 0.791. The maximum absolute atomic E-state index is 10.5. The lowest BCUT2D eigenvalue weighted by Crippen LogP contribution is -2.44. The second-order valence-electron chi connectivity index (χ2n) is 3.50. The molecule has 1 amide bonds. The fraction of sp³-hybridized carbons (Fsp3) is 0.500. The van der Waals surface area contributed by atoms with E-state index in [9.17, 15) is 4.79 Å². The minimum Gasteiger partial charge on any atom is -0.343 e. The zero-order valence-corrected chi connectivity index (χ0v) is 11.3. The Kier molecular flexibility index (Phi) is 7.76. The predicted octanol–water partition coefficient (Wildman–Crippen LogP) is 1.87. The molecule has 16 heavy (non-hydrogen) atoms. The molecule has 0 aliphatic carbocycles.